The van der Waals surface area contributed by atoms with E-state index in [0.717, 1.165) is 0 Å². The molecule has 0 radical (unpaired) electrons. The van der Waals surface area contributed by atoms with Crippen molar-refractivity contribution in [3.05, 3.63) is 82.4 Å². The highest BCUT2D eigenvalue weighted by Gasteiger charge is 2.12. The molecule has 3 aromatic rings. The zero-order valence-corrected chi connectivity index (χ0v) is 15.7. The second-order valence-corrected chi connectivity index (χ2v) is 5.90. The third-order valence-electron chi connectivity index (χ3n) is 4.05. The number of methoxy groups -OCH3 is 2. The zero-order valence-electron chi connectivity index (χ0n) is 15.7. The molecule has 0 fully saturated rings. The normalized spacial score (nSPS) is 10.1. The fraction of sp³-hybridized carbons (Fsp3) is 0.0952. The molecule has 0 atom stereocenters. The average molecular weight is 394 g/mol. The number of amides is 1. The molecule has 0 aliphatic carbocycles. The topological polar surface area (TPSA) is 99.9 Å². The lowest BCUT2D eigenvalue weighted by Crippen LogP contribution is -2.12. The molecular weight excluding hydrogens is 376 g/mol. The lowest BCUT2D eigenvalue weighted by atomic mass is 10.2. The molecule has 148 valence electrons. The van der Waals surface area contributed by atoms with Gasteiger partial charge in [0.25, 0.3) is 11.6 Å². The second kappa shape index (κ2) is 8.75. The zero-order chi connectivity index (χ0) is 20.8. The molecule has 0 heterocycles. The average Bonchev–Trinajstić information content (AvgIpc) is 2.74. The molecule has 8 nitrogen and oxygen atoms in total. The molecule has 1 amide bonds. The molecule has 0 bridgehead atoms. The van der Waals surface area contributed by atoms with Crippen LogP contribution in [0.2, 0.25) is 0 Å². The molecule has 29 heavy (non-hydrogen) atoms. The van der Waals surface area contributed by atoms with E-state index in [0.29, 0.717) is 34.2 Å². The van der Waals surface area contributed by atoms with Gasteiger partial charge in [-0.3, -0.25) is 14.9 Å². The number of hydrogen-bond acceptors (Lipinski definition) is 6. The van der Waals surface area contributed by atoms with Crippen molar-refractivity contribution in [3.8, 4) is 23.0 Å². The van der Waals surface area contributed by atoms with Crippen molar-refractivity contribution in [2.75, 3.05) is 19.5 Å². The van der Waals surface area contributed by atoms with Gasteiger partial charge < -0.3 is 19.5 Å². The number of anilines is 1. The molecule has 0 aromatic heterocycles. The largest absolute Gasteiger partial charge is 0.497 e. The monoisotopic (exact) mass is 394 g/mol. The number of nitrogens with one attached hydrogen (secondary N) is 1. The molecule has 1 N–H and O–H groups in total. The summed E-state index contributed by atoms with van der Waals surface area (Å²) in [7, 11) is 3.05. The SMILES string of the molecule is COc1ccc(OC)c(NC(=O)c2ccc(Oc3ccc([N+](=O)[O-])cc3)cc2)c1. The van der Waals surface area contributed by atoms with Crippen molar-refractivity contribution in [1.29, 1.82) is 0 Å². The summed E-state index contributed by atoms with van der Waals surface area (Å²) in [5.74, 6) is 1.73. The summed E-state index contributed by atoms with van der Waals surface area (Å²) in [5, 5.41) is 13.5. The first kappa shape index (κ1) is 19.7. The number of ether oxygens (including phenoxy) is 3. The molecule has 0 saturated heterocycles. The van der Waals surface area contributed by atoms with Gasteiger partial charge in [0.05, 0.1) is 24.8 Å². The van der Waals surface area contributed by atoms with E-state index in [-0.39, 0.29) is 11.6 Å². The van der Waals surface area contributed by atoms with Gasteiger partial charge in [-0.15, -0.1) is 0 Å². The van der Waals surface area contributed by atoms with Crippen LogP contribution in [0.15, 0.2) is 66.7 Å². The van der Waals surface area contributed by atoms with Crippen LogP contribution in [0.3, 0.4) is 0 Å². The van der Waals surface area contributed by atoms with Gasteiger partial charge in [-0.05, 0) is 48.5 Å². The molecule has 0 saturated carbocycles. The maximum absolute atomic E-state index is 12.5. The first-order valence-corrected chi connectivity index (χ1v) is 8.56. The number of nitrogens with zero attached hydrogens (tertiary/aromatic N) is 1. The quantitative estimate of drug-likeness (QED) is 0.462. The highest BCUT2D eigenvalue weighted by molar-refractivity contribution is 6.05. The van der Waals surface area contributed by atoms with Crippen molar-refractivity contribution < 1.29 is 23.9 Å². The van der Waals surface area contributed by atoms with E-state index in [4.69, 9.17) is 14.2 Å². The molecule has 0 aliphatic heterocycles. The van der Waals surface area contributed by atoms with Crippen LogP contribution in [0.4, 0.5) is 11.4 Å². The fourth-order valence-electron chi connectivity index (χ4n) is 2.55. The second-order valence-electron chi connectivity index (χ2n) is 5.90. The predicted octanol–water partition coefficient (Wildman–Crippen LogP) is 4.66. The summed E-state index contributed by atoms with van der Waals surface area (Å²) >= 11 is 0. The first-order chi connectivity index (χ1) is 14.0. The van der Waals surface area contributed by atoms with Crippen LogP contribution in [-0.4, -0.2) is 25.1 Å². The van der Waals surface area contributed by atoms with Gasteiger partial charge in [-0.1, -0.05) is 0 Å². The Kier molecular flexibility index (Phi) is 5.94. The van der Waals surface area contributed by atoms with Gasteiger partial charge >= 0.3 is 0 Å². The number of nitro groups is 1. The van der Waals surface area contributed by atoms with Gasteiger partial charge in [0, 0.05) is 23.8 Å². The maximum Gasteiger partial charge on any atom is 0.269 e. The summed E-state index contributed by atoms with van der Waals surface area (Å²) in [5.41, 5.74) is 0.895. The molecule has 8 heteroatoms. The van der Waals surface area contributed by atoms with Crippen LogP contribution < -0.4 is 19.5 Å². The number of nitro benzene ring substituents is 1. The summed E-state index contributed by atoms with van der Waals surface area (Å²) < 4.78 is 16.1. The van der Waals surface area contributed by atoms with E-state index < -0.39 is 4.92 Å². The Morgan fingerprint density at radius 2 is 1.45 bits per heavy atom. The van der Waals surface area contributed by atoms with Crippen molar-refractivity contribution in [3.63, 3.8) is 0 Å². The minimum absolute atomic E-state index is 0.0164. The standard InChI is InChI=1S/C21H18N2O6/c1-27-18-11-12-20(28-2)19(13-18)22-21(24)14-3-7-16(8-4-14)29-17-9-5-15(6-10-17)23(25)26/h3-13H,1-2H3,(H,22,24). The summed E-state index contributed by atoms with van der Waals surface area (Å²) in [4.78, 5) is 22.8. The lowest BCUT2D eigenvalue weighted by molar-refractivity contribution is -0.384. The molecular formula is C21H18N2O6. The van der Waals surface area contributed by atoms with Gasteiger partial charge in [0.2, 0.25) is 0 Å². The summed E-state index contributed by atoms with van der Waals surface area (Å²) in [6.07, 6.45) is 0. The summed E-state index contributed by atoms with van der Waals surface area (Å²) in [6, 6.07) is 17.3. The molecule has 3 aromatic carbocycles. The van der Waals surface area contributed by atoms with Gasteiger partial charge in [-0.25, -0.2) is 0 Å². The van der Waals surface area contributed by atoms with Crippen LogP contribution in [0.25, 0.3) is 0 Å². The highest BCUT2D eigenvalue weighted by atomic mass is 16.6. The van der Waals surface area contributed by atoms with Gasteiger partial charge in [-0.2, -0.15) is 0 Å². The number of carbonyl (C=O) groups excluding carboxylic acids is 1. The Balaban J connectivity index is 1.69. The molecule has 0 unspecified atom stereocenters. The number of carbonyl (C=O) groups is 1. The van der Waals surface area contributed by atoms with Gasteiger partial charge in [0.1, 0.15) is 23.0 Å². The number of hydrogen-bond donors (Lipinski definition) is 1. The Bertz CT molecular complexity index is 1020. The van der Waals surface area contributed by atoms with E-state index in [1.54, 1.807) is 42.5 Å². The van der Waals surface area contributed by atoms with E-state index in [2.05, 4.69) is 5.32 Å². The van der Waals surface area contributed by atoms with E-state index in [1.807, 2.05) is 0 Å². The van der Waals surface area contributed by atoms with Crippen LogP contribution >= 0.6 is 0 Å². The number of benzene rings is 3. The van der Waals surface area contributed by atoms with Crippen molar-refractivity contribution >= 4 is 17.3 Å². The smallest absolute Gasteiger partial charge is 0.269 e. The first-order valence-electron chi connectivity index (χ1n) is 8.56. The van der Waals surface area contributed by atoms with E-state index in [1.165, 1.54) is 38.5 Å². The Labute approximate surface area is 166 Å². The molecule has 0 aliphatic rings. The highest BCUT2D eigenvalue weighted by Crippen LogP contribution is 2.29. The Hall–Kier alpha value is -4.07. The van der Waals surface area contributed by atoms with Crippen LogP contribution in [0.5, 0.6) is 23.0 Å². The van der Waals surface area contributed by atoms with Gasteiger partial charge in [0.15, 0.2) is 0 Å². The number of non-ortho nitro benzene ring substituents is 1. The predicted molar refractivity (Wildman–Crippen MR) is 107 cm³/mol. The van der Waals surface area contributed by atoms with Crippen LogP contribution in [-0.2, 0) is 0 Å². The Morgan fingerprint density at radius 1 is 0.862 bits per heavy atom. The maximum atomic E-state index is 12.5. The minimum Gasteiger partial charge on any atom is -0.497 e. The third-order valence-corrected chi connectivity index (χ3v) is 4.05. The van der Waals surface area contributed by atoms with E-state index in [9.17, 15) is 14.9 Å². The van der Waals surface area contributed by atoms with Crippen molar-refractivity contribution in [2.24, 2.45) is 0 Å². The third kappa shape index (κ3) is 4.81. The number of rotatable bonds is 7. The van der Waals surface area contributed by atoms with Crippen LogP contribution in [0, 0.1) is 10.1 Å². The van der Waals surface area contributed by atoms with Crippen molar-refractivity contribution in [2.45, 2.75) is 0 Å². The lowest BCUT2D eigenvalue weighted by Gasteiger charge is -2.12. The van der Waals surface area contributed by atoms with E-state index >= 15 is 0 Å². The summed E-state index contributed by atoms with van der Waals surface area (Å²) in [6.45, 7) is 0. The van der Waals surface area contributed by atoms with Crippen LogP contribution in [0.1, 0.15) is 10.4 Å². The minimum atomic E-state index is -0.478. The van der Waals surface area contributed by atoms with Crippen molar-refractivity contribution in [1.82, 2.24) is 0 Å². The fourth-order valence-corrected chi connectivity index (χ4v) is 2.55. The molecule has 3 rings (SSSR count). The Morgan fingerprint density at radius 3 is 2.00 bits per heavy atom. The molecule has 0 spiro atoms.